The second-order valence-corrected chi connectivity index (χ2v) is 11.9. The molecule has 1 aromatic carbocycles. The smallest absolute Gasteiger partial charge is 0.410 e. The van der Waals surface area contributed by atoms with E-state index in [9.17, 15) is 4.79 Å². The molecular formula is C29H43NO6. The molecule has 1 N–H and O–H groups in total. The minimum atomic E-state index is -0.508. The lowest BCUT2D eigenvalue weighted by molar-refractivity contribution is -0.191. The van der Waals surface area contributed by atoms with E-state index in [1.165, 1.54) is 5.57 Å². The van der Waals surface area contributed by atoms with Crippen molar-refractivity contribution in [3.63, 3.8) is 0 Å². The standard InChI is InChI=1S/C29H43NO6/c1-19(2)8-7-12-29(6)23-16-20-18-30(27(32)36-28(3,4)5)13-11-24(20)34-26(23)22-10-9-21(33-15-14-31)17-25(22)35-29/h8-10,17,20,23-24,26,31H,7,11-16,18H2,1-6H3/t20-,23-,24-,26+,29+/m0/s1. The van der Waals surface area contributed by atoms with Crippen molar-refractivity contribution in [3.05, 3.63) is 35.4 Å². The van der Waals surface area contributed by atoms with Gasteiger partial charge in [-0.25, -0.2) is 4.79 Å². The highest BCUT2D eigenvalue weighted by atomic mass is 16.6. The number of fused-ring (bicyclic) bond motifs is 4. The first-order valence-corrected chi connectivity index (χ1v) is 13.3. The van der Waals surface area contributed by atoms with Crippen molar-refractivity contribution in [2.45, 2.75) is 90.6 Å². The predicted octanol–water partition coefficient (Wildman–Crippen LogP) is 5.66. The van der Waals surface area contributed by atoms with Gasteiger partial charge in [0.25, 0.3) is 0 Å². The van der Waals surface area contributed by atoms with Crippen LogP contribution in [0.2, 0.25) is 0 Å². The van der Waals surface area contributed by atoms with Gasteiger partial charge in [-0.2, -0.15) is 0 Å². The molecule has 36 heavy (non-hydrogen) atoms. The summed E-state index contributed by atoms with van der Waals surface area (Å²) in [6.07, 6.45) is 5.59. The maximum atomic E-state index is 12.8. The van der Waals surface area contributed by atoms with Crippen LogP contribution >= 0.6 is 0 Å². The van der Waals surface area contributed by atoms with Gasteiger partial charge in [0.2, 0.25) is 0 Å². The summed E-state index contributed by atoms with van der Waals surface area (Å²) in [5.41, 5.74) is 1.43. The summed E-state index contributed by atoms with van der Waals surface area (Å²) in [5.74, 6) is 1.90. The van der Waals surface area contributed by atoms with Crippen LogP contribution in [0.3, 0.4) is 0 Å². The number of carbonyl (C=O) groups is 1. The van der Waals surface area contributed by atoms with Gasteiger partial charge >= 0.3 is 6.09 Å². The van der Waals surface area contributed by atoms with Gasteiger partial charge in [0.05, 0.1) is 18.8 Å². The molecular weight excluding hydrogens is 458 g/mol. The van der Waals surface area contributed by atoms with Crippen LogP contribution in [0.1, 0.15) is 78.9 Å². The summed E-state index contributed by atoms with van der Waals surface area (Å²) in [5, 5.41) is 9.15. The second kappa shape index (κ2) is 10.6. The number of ether oxygens (including phenoxy) is 4. The van der Waals surface area contributed by atoms with Crippen LogP contribution in [-0.2, 0) is 9.47 Å². The van der Waals surface area contributed by atoms with E-state index in [1.54, 1.807) is 0 Å². The van der Waals surface area contributed by atoms with E-state index in [0.29, 0.717) is 18.8 Å². The number of likely N-dealkylation sites (tertiary alicyclic amines) is 1. The second-order valence-electron chi connectivity index (χ2n) is 11.9. The van der Waals surface area contributed by atoms with Crippen molar-refractivity contribution in [2.75, 3.05) is 26.3 Å². The number of carbonyl (C=O) groups excluding carboxylic acids is 1. The number of rotatable bonds is 6. The molecule has 0 aromatic heterocycles. The van der Waals surface area contributed by atoms with Crippen LogP contribution in [0, 0.1) is 11.8 Å². The number of benzene rings is 1. The first-order chi connectivity index (χ1) is 17.0. The Balaban J connectivity index is 1.58. The third-order valence-electron chi connectivity index (χ3n) is 7.53. The monoisotopic (exact) mass is 501 g/mol. The Kier molecular flexibility index (Phi) is 7.91. The number of hydrogen-bond donors (Lipinski definition) is 1. The summed E-state index contributed by atoms with van der Waals surface area (Å²) in [4.78, 5) is 14.6. The molecule has 3 heterocycles. The van der Waals surface area contributed by atoms with Crippen LogP contribution in [0.15, 0.2) is 29.8 Å². The zero-order chi connectivity index (χ0) is 26.1. The summed E-state index contributed by atoms with van der Waals surface area (Å²) >= 11 is 0. The van der Waals surface area contributed by atoms with Crippen molar-refractivity contribution in [1.29, 1.82) is 0 Å². The van der Waals surface area contributed by atoms with Crippen LogP contribution in [-0.4, -0.2) is 59.7 Å². The van der Waals surface area contributed by atoms with Crippen molar-refractivity contribution in [3.8, 4) is 11.5 Å². The number of hydrogen-bond acceptors (Lipinski definition) is 6. The zero-order valence-electron chi connectivity index (χ0n) is 22.7. The van der Waals surface area contributed by atoms with E-state index in [2.05, 4.69) is 26.8 Å². The molecule has 3 aliphatic rings. The lowest BCUT2D eigenvalue weighted by atomic mass is 9.68. The van der Waals surface area contributed by atoms with Gasteiger partial charge in [0.15, 0.2) is 0 Å². The lowest BCUT2D eigenvalue weighted by Gasteiger charge is -2.54. The Bertz CT molecular complexity index is 965. The molecule has 1 aromatic rings. The van der Waals surface area contributed by atoms with Gasteiger partial charge in [0, 0.05) is 36.6 Å². The Morgan fingerprint density at radius 3 is 2.78 bits per heavy atom. The van der Waals surface area contributed by atoms with Crippen LogP contribution < -0.4 is 9.47 Å². The lowest BCUT2D eigenvalue weighted by Crippen LogP contribution is -2.57. The molecule has 0 aliphatic carbocycles. The van der Waals surface area contributed by atoms with E-state index in [-0.39, 0.29) is 43.4 Å². The molecule has 1 amide bonds. The molecule has 0 saturated carbocycles. The largest absolute Gasteiger partial charge is 0.491 e. The van der Waals surface area contributed by atoms with Crippen LogP contribution in [0.5, 0.6) is 11.5 Å². The maximum absolute atomic E-state index is 12.8. The highest BCUT2D eigenvalue weighted by Gasteiger charge is 2.53. The first-order valence-electron chi connectivity index (χ1n) is 13.3. The fourth-order valence-corrected chi connectivity index (χ4v) is 5.80. The molecule has 7 heteroatoms. The van der Waals surface area contributed by atoms with E-state index in [4.69, 9.17) is 24.1 Å². The molecule has 0 radical (unpaired) electrons. The first kappa shape index (κ1) is 26.8. The number of aliphatic hydroxyl groups is 1. The van der Waals surface area contributed by atoms with E-state index in [0.717, 1.165) is 37.0 Å². The minimum absolute atomic E-state index is 0.0322. The minimum Gasteiger partial charge on any atom is -0.491 e. The predicted molar refractivity (Wildman–Crippen MR) is 138 cm³/mol. The summed E-state index contributed by atoms with van der Waals surface area (Å²) in [6, 6.07) is 5.91. The highest BCUT2D eigenvalue weighted by Crippen LogP contribution is 2.54. The number of piperidine rings is 1. The zero-order valence-corrected chi connectivity index (χ0v) is 22.7. The van der Waals surface area contributed by atoms with Gasteiger partial charge < -0.3 is 29.0 Å². The maximum Gasteiger partial charge on any atom is 0.410 e. The molecule has 0 unspecified atom stereocenters. The summed E-state index contributed by atoms with van der Waals surface area (Å²) in [7, 11) is 0. The Hall–Kier alpha value is -2.25. The van der Waals surface area contributed by atoms with Crippen molar-refractivity contribution >= 4 is 6.09 Å². The average molecular weight is 502 g/mol. The number of aliphatic hydroxyl groups excluding tert-OH is 1. The number of nitrogens with zero attached hydrogens (tertiary/aromatic N) is 1. The Morgan fingerprint density at radius 1 is 1.31 bits per heavy atom. The number of allylic oxidation sites excluding steroid dienone is 2. The average Bonchev–Trinajstić information content (AvgIpc) is 2.80. The molecule has 2 saturated heterocycles. The molecule has 5 atom stereocenters. The fourth-order valence-electron chi connectivity index (χ4n) is 5.80. The number of amides is 1. The quantitative estimate of drug-likeness (QED) is 0.507. The third-order valence-corrected chi connectivity index (χ3v) is 7.53. The third kappa shape index (κ3) is 6.00. The van der Waals surface area contributed by atoms with Crippen LogP contribution in [0.25, 0.3) is 0 Å². The van der Waals surface area contributed by atoms with Crippen molar-refractivity contribution in [1.82, 2.24) is 4.90 Å². The van der Waals surface area contributed by atoms with E-state index in [1.807, 2.05) is 43.9 Å². The SMILES string of the molecule is CC(C)=CCC[C@@]1(C)Oc2cc(OCCO)ccc2[C@H]2O[C@H]3CCN(C(=O)OC(C)(C)C)C[C@@H]3C[C@@H]21. The van der Waals surface area contributed by atoms with Gasteiger partial charge in [-0.05, 0) is 79.4 Å². The molecule has 0 spiro atoms. The molecule has 200 valence electrons. The topological polar surface area (TPSA) is 77.5 Å². The molecule has 7 nitrogen and oxygen atoms in total. The van der Waals surface area contributed by atoms with Crippen molar-refractivity contribution in [2.24, 2.45) is 11.8 Å². The normalized spacial score (nSPS) is 29.2. The Morgan fingerprint density at radius 2 is 2.08 bits per heavy atom. The van der Waals surface area contributed by atoms with Crippen molar-refractivity contribution < 1.29 is 28.8 Å². The van der Waals surface area contributed by atoms with Gasteiger partial charge in [-0.15, -0.1) is 0 Å². The molecule has 4 rings (SSSR count). The summed E-state index contributed by atoms with van der Waals surface area (Å²) < 4.78 is 24.9. The fraction of sp³-hybridized carbons (Fsp3) is 0.690. The highest BCUT2D eigenvalue weighted by molar-refractivity contribution is 5.68. The van der Waals surface area contributed by atoms with Gasteiger partial charge in [0.1, 0.15) is 29.3 Å². The van der Waals surface area contributed by atoms with Gasteiger partial charge in [-0.3, -0.25) is 0 Å². The molecule has 3 aliphatic heterocycles. The van der Waals surface area contributed by atoms with E-state index >= 15 is 0 Å². The molecule has 2 fully saturated rings. The van der Waals surface area contributed by atoms with Gasteiger partial charge in [-0.1, -0.05) is 11.6 Å². The molecule has 0 bridgehead atoms. The summed E-state index contributed by atoms with van der Waals surface area (Å²) in [6.45, 7) is 13.7. The van der Waals surface area contributed by atoms with Crippen LogP contribution in [0.4, 0.5) is 4.79 Å². The Labute approximate surface area is 215 Å². The van der Waals surface area contributed by atoms with E-state index < -0.39 is 11.2 Å².